The van der Waals surface area contributed by atoms with E-state index in [-0.39, 0.29) is 49.9 Å². The molecule has 3 fully saturated rings. The molecule has 0 aliphatic carbocycles. The monoisotopic (exact) mass is 762 g/mol. The van der Waals surface area contributed by atoms with Gasteiger partial charge in [0.05, 0.1) is 29.5 Å². The number of para-hydroxylation sites is 1. The maximum atomic E-state index is 14.8. The Morgan fingerprint density at radius 3 is 2.65 bits per heavy atom. The highest BCUT2D eigenvalue weighted by molar-refractivity contribution is 9.09. The number of aliphatic hydroxyl groups is 1. The molecule has 2 aromatic carbocycles. The van der Waals surface area contributed by atoms with E-state index in [9.17, 15) is 24.3 Å². The van der Waals surface area contributed by atoms with Crippen LogP contribution in [0.25, 0.3) is 11.0 Å². The Bertz CT molecular complexity index is 1790. The molecule has 6 rings (SSSR count). The number of likely N-dealkylation sites (tertiary alicyclic amines) is 1. The highest BCUT2D eigenvalue weighted by atomic mass is 79.9. The summed E-state index contributed by atoms with van der Waals surface area (Å²) >= 11 is 3.71. The molecular formula is C37H43BrN6O7. The summed E-state index contributed by atoms with van der Waals surface area (Å²) in [5, 5.41) is 21.2. The lowest BCUT2D eigenvalue weighted by Crippen LogP contribution is -2.57. The number of carbonyl (C=O) groups is 4. The summed E-state index contributed by atoms with van der Waals surface area (Å²) in [5.41, 5.74) is 0.731. The van der Waals surface area contributed by atoms with E-state index in [2.05, 4.69) is 44.7 Å². The van der Waals surface area contributed by atoms with Gasteiger partial charge in [0.2, 0.25) is 17.7 Å². The second-order valence-corrected chi connectivity index (χ2v) is 14.5. The molecule has 51 heavy (non-hydrogen) atoms. The first-order chi connectivity index (χ1) is 24.6. The van der Waals surface area contributed by atoms with E-state index in [0.29, 0.717) is 23.9 Å². The zero-order valence-corrected chi connectivity index (χ0v) is 30.1. The third kappa shape index (κ3) is 6.84. The van der Waals surface area contributed by atoms with Crippen LogP contribution in [0.4, 0.5) is 0 Å². The van der Waals surface area contributed by atoms with Crippen LogP contribution in [-0.2, 0) is 35.3 Å². The second-order valence-electron chi connectivity index (χ2n) is 13.3. The van der Waals surface area contributed by atoms with Crippen LogP contribution in [-0.4, -0.2) is 102 Å². The number of alkyl halides is 1. The molecule has 8 atom stereocenters. The quantitative estimate of drug-likeness (QED) is 0.127. The zero-order valence-electron chi connectivity index (χ0n) is 28.5. The summed E-state index contributed by atoms with van der Waals surface area (Å²) in [6, 6.07) is 14.8. The minimum Gasteiger partial charge on any atom is -0.455 e. The highest BCUT2D eigenvalue weighted by Gasteiger charge is 2.77. The number of hydrogen-bond donors (Lipinski definition) is 2. The summed E-state index contributed by atoms with van der Waals surface area (Å²) in [6.07, 6.45) is 2.91. The molecule has 3 aliphatic heterocycles. The van der Waals surface area contributed by atoms with Crippen molar-refractivity contribution in [3.05, 3.63) is 85.5 Å². The van der Waals surface area contributed by atoms with Gasteiger partial charge in [0.1, 0.15) is 29.9 Å². The van der Waals surface area contributed by atoms with Gasteiger partial charge in [0.15, 0.2) is 0 Å². The number of carbonyl (C=O) groups excluding carboxylic acids is 4. The lowest BCUT2D eigenvalue weighted by molar-refractivity contribution is -0.162. The standard InChI is InChI=1S/C37H43BrN6O7/c1-4-6-17-28(46)39-23(3)31(24-13-8-7-9-14-24)50-36(49)29-30-34(47)43(19-12-20-45)33(37(30)21-25(38)32(29)51-37)35(48)42(18-5-2)22-44-27-16-11-10-15-26(27)40-41-44/h4-5,7-11,13-16,23,25,29-33,45H,1-2,6,12,17-22H2,3H3,(H,39,46)/t23-,25?,29+,30-,31-,32+,33+,37-/m1/s1. The number of benzene rings is 2. The van der Waals surface area contributed by atoms with Crippen molar-refractivity contribution in [2.45, 2.75) is 74.0 Å². The largest absolute Gasteiger partial charge is 0.455 e. The Hall–Kier alpha value is -4.40. The molecule has 0 radical (unpaired) electrons. The summed E-state index contributed by atoms with van der Waals surface area (Å²) in [4.78, 5) is 58.9. The van der Waals surface area contributed by atoms with Crippen molar-refractivity contribution in [2.75, 3.05) is 19.7 Å². The third-order valence-corrected chi connectivity index (χ3v) is 10.9. The summed E-state index contributed by atoms with van der Waals surface area (Å²) in [6.45, 7) is 9.37. The molecule has 1 unspecified atom stereocenters. The van der Waals surface area contributed by atoms with Crippen LogP contribution in [0.15, 0.2) is 79.9 Å². The average Bonchev–Trinajstić information content (AvgIpc) is 3.85. The van der Waals surface area contributed by atoms with Crippen molar-refractivity contribution in [2.24, 2.45) is 11.8 Å². The molecule has 1 spiro atoms. The van der Waals surface area contributed by atoms with E-state index in [4.69, 9.17) is 9.47 Å². The number of aliphatic hydroxyl groups excluding tert-OH is 1. The molecule has 3 aromatic rings. The summed E-state index contributed by atoms with van der Waals surface area (Å²) in [7, 11) is 0. The zero-order chi connectivity index (χ0) is 36.3. The predicted octanol–water partition coefficient (Wildman–Crippen LogP) is 3.29. The molecule has 3 aliphatic rings. The maximum Gasteiger partial charge on any atom is 0.313 e. The minimum absolute atomic E-state index is 0.0342. The Kier molecular flexibility index (Phi) is 11.0. The van der Waals surface area contributed by atoms with Gasteiger partial charge < -0.3 is 29.7 Å². The number of nitrogens with zero attached hydrogens (tertiary/aromatic N) is 5. The van der Waals surface area contributed by atoms with Gasteiger partial charge >= 0.3 is 5.97 Å². The van der Waals surface area contributed by atoms with E-state index >= 15 is 0 Å². The molecule has 0 saturated carbocycles. The van der Waals surface area contributed by atoms with Crippen LogP contribution >= 0.6 is 15.9 Å². The van der Waals surface area contributed by atoms with Crippen molar-refractivity contribution < 1.29 is 33.8 Å². The SMILES string of the molecule is C=CCCC(=O)N[C@H](C)[C@@H](OC(=O)[C@@H]1[C@H]2O[C@@]3(CC2Br)[C@H](C(=O)N(CC=C)Cn2nnc4ccccc42)N(CCCO)C(=O)[C@@H]13)c1ccccc1. The third-order valence-electron chi connectivity index (χ3n) is 10.0. The van der Waals surface area contributed by atoms with E-state index in [1.54, 1.807) is 28.7 Å². The van der Waals surface area contributed by atoms with Gasteiger partial charge in [0, 0.05) is 30.9 Å². The van der Waals surface area contributed by atoms with E-state index in [0.717, 1.165) is 5.52 Å². The molecule has 3 amide bonds. The number of ether oxygens (including phenoxy) is 2. The van der Waals surface area contributed by atoms with E-state index < -0.39 is 59.5 Å². The fourth-order valence-electron chi connectivity index (χ4n) is 7.83. The number of halogens is 1. The highest BCUT2D eigenvalue weighted by Crippen LogP contribution is 2.60. The van der Waals surface area contributed by atoms with Gasteiger partial charge in [-0.2, -0.15) is 0 Å². The van der Waals surface area contributed by atoms with Gasteiger partial charge in [-0.15, -0.1) is 18.3 Å². The molecule has 2 bridgehead atoms. The summed E-state index contributed by atoms with van der Waals surface area (Å²) in [5.74, 6) is -3.71. The fourth-order valence-corrected chi connectivity index (χ4v) is 8.77. The van der Waals surface area contributed by atoms with Gasteiger partial charge in [-0.3, -0.25) is 19.2 Å². The van der Waals surface area contributed by atoms with Crippen molar-refractivity contribution in [1.82, 2.24) is 30.1 Å². The number of allylic oxidation sites excluding steroid dienone is 1. The van der Waals surface area contributed by atoms with Crippen LogP contribution in [0.1, 0.15) is 44.3 Å². The fraction of sp³-hybridized carbons (Fsp3) is 0.459. The van der Waals surface area contributed by atoms with Crippen LogP contribution in [0.2, 0.25) is 0 Å². The number of esters is 1. The predicted molar refractivity (Wildman–Crippen MR) is 191 cm³/mol. The molecule has 2 N–H and O–H groups in total. The topological polar surface area (TPSA) is 156 Å². The van der Waals surface area contributed by atoms with Crippen molar-refractivity contribution in [3.63, 3.8) is 0 Å². The first kappa shape index (κ1) is 36.4. The molecule has 3 saturated heterocycles. The number of amides is 3. The number of rotatable bonds is 16. The Morgan fingerprint density at radius 1 is 1.18 bits per heavy atom. The van der Waals surface area contributed by atoms with Crippen LogP contribution < -0.4 is 5.32 Å². The minimum atomic E-state index is -1.34. The maximum absolute atomic E-state index is 14.8. The second kappa shape index (κ2) is 15.5. The number of aromatic nitrogens is 3. The van der Waals surface area contributed by atoms with Gasteiger partial charge in [-0.1, -0.05) is 75.8 Å². The van der Waals surface area contributed by atoms with Gasteiger partial charge in [-0.05, 0) is 43.9 Å². The first-order valence-electron chi connectivity index (χ1n) is 17.2. The van der Waals surface area contributed by atoms with E-state index in [1.165, 1.54) is 4.90 Å². The lowest BCUT2D eigenvalue weighted by atomic mass is 9.70. The molecule has 13 nitrogen and oxygen atoms in total. The van der Waals surface area contributed by atoms with Crippen LogP contribution in [0.5, 0.6) is 0 Å². The average molecular weight is 764 g/mol. The Balaban J connectivity index is 1.32. The van der Waals surface area contributed by atoms with Crippen LogP contribution in [0.3, 0.4) is 0 Å². The Morgan fingerprint density at radius 2 is 1.92 bits per heavy atom. The number of fused-ring (bicyclic) bond motifs is 2. The van der Waals surface area contributed by atoms with Crippen molar-refractivity contribution >= 4 is 50.7 Å². The smallest absolute Gasteiger partial charge is 0.313 e. The van der Waals surface area contributed by atoms with Crippen molar-refractivity contribution in [3.8, 4) is 0 Å². The molecule has 4 heterocycles. The van der Waals surface area contributed by atoms with Crippen molar-refractivity contribution in [1.29, 1.82) is 0 Å². The summed E-state index contributed by atoms with van der Waals surface area (Å²) < 4.78 is 14.5. The number of hydrogen-bond acceptors (Lipinski definition) is 9. The molecule has 14 heteroatoms. The molecule has 1 aromatic heterocycles. The number of nitrogens with one attached hydrogen (secondary N) is 1. The normalized spacial score (nSPS) is 26.1. The van der Waals surface area contributed by atoms with Gasteiger partial charge in [0.25, 0.3) is 0 Å². The molecule has 270 valence electrons. The Labute approximate surface area is 304 Å². The van der Waals surface area contributed by atoms with E-state index in [1.807, 2.05) is 54.6 Å². The van der Waals surface area contributed by atoms with Gasteiger partial charge in [-0.25, -0.2) is 4.68 Å². The lowest BCUT2D eigenvalue weighted by Gasteiger charge is -2.37. The molecular weight excluding hydrogens is 720 g/mol. The first-order valence-corrected chi connectivity index (χ1v) is 18.1. The van der Waals surface area contributed by atoms with Crippen LogP contribution in [0, 0.1) is 11.8 Å².